The molecule has 2 unspecified atom stereocenters. The summed E-state index contributed by atoms with van der Waals surface area (Å²) in [4.78, 5) is 18.8. The van der Waals surface area contributed by atoms with Crippen LogP contribution in [0, 0.1) is 5.92 Å². The van der Waals surface area contributed by atoms with E-state index in [1.807, 2.05) is 17.9 Å². The van der Waals surface area contributed by atoms with Crippen molar-refractivity contribution in [2.75, 3.05) is 18.4 Å². The molecule has 0 spiro atoms. The highest BCUT2D eigenvalue weighted by Gasteiger charge is 2.30. The molecule has 0 saturated carbocycles. The van der Waals surface area contributed by atoms with E-state index in [1.54, 1.807) is 12.4 Å². The molecule has 4 heteroatoms. The number of pyridine rings is 1. The zero-order chi connectivity index (χ0) is 13.8. The third-order valence-electron chi connectivity index (χ3n) is 4.05. The van der Waals surface area contributed by atoms with Gasteiger partial charge in [0.2, 0.25) is 0 Å². The van der Waals surface area contributed by atoms with E-state index in [9.17, 15) is 4.79 Å². The van der Waals surface area contributed by atoms with Gasteiger partial charge in [0.05, 0.1) is 11.3 Å². The summed E-state index contributed by atoms with van der Waals surface area (Å²) in [7, 11) is 0. The Hall–Kier alpha value is -1.58. The van der Waals surface area contributed by atoms with Gasteiger partial charge in [-0.1, -0.05) is 6.92 Å². The first-order chi connectivity index (χ1) is 9.15. The number of likely N-dealkylation sites (tertiary alicyclic amines) is 1. The molecule has 1 aromatic rings. The standard InChI is InChI=1S/C15H23N3O/c1-4-17-14-7-8-16-10-13(14)15(19)18-9-5-6-11(2)12(18)3/h7-8,10-12H,4-6,9H2,1-3H3,(H,16,17). The third kappa shape index (κ3) is 2.88. The number of carbonyl (C=O) groups excluding carboxylic acids is 1. The normalized spacial score (nSPS) is 23.2. The van der Waals surface area contributed by atoms with Gasteiger partial charge in [0.15, 0.2) is 0 Å². The van der Waals surface area contributed by atoms with E-state index in [4.69, 9.17) is 0 Å². The van der Waals surface area contributed by atoms with Crippen LogP contribution in [0.15, 0.2) is 18.5 Å². The number of anilines is 1. The Kier molecular flexibility index (Phi) is 4.40. The van der Waals surface area contributed by atoms with Crippen molar-refractivity contribution in [2.24, 2.45) is 5.92 Å². The second kappa shape index (κ2) is 6.04. The summed E-state index contributed by atoms with van der Waals surface area (Å²) in [5.74, 6) is 0.667. The Labute approximate surface area is 115 Å². The van der Waals surface area contributed by atoms with Crippen LogP contribution in [0.2, 0.25) is 0 Å². The van der Waals surface area contributed by atoms with Crippen molar-refractivity contribution >= 4 is 11.6 Å². The van der Waals surface area contributed by atoms with Gasteiger partial charge in [-0.25, -0.2) is 0 Å². The number of hydrogen-bond acceptors (Lipinski definition) is 3. The molecule has 1 amide bonds. The third-order valence-corrected chi connectivity index (χ3v) is 4.05. The van der Waals surface area contributed by atoms with Gasteiger partial charge < -0.3 is 10.2 Å². The summed E-state index contributed by atoms with van der Waals surface area (Å²) in [6.07, 6.45) is 5.69. The number of rotatable bonds is 3. The van der Waals surface area contributed by atoms with Crippen molar-refractivity contribution in [3.63, 3.8) is 0 Å². The van der Waals surface area contributed by atoms with E-state index >= 15 is 0 Å². The molecule has 1 N–H and O–H groups in total. The maximum absolute atomic E-state index is 12.7. The molecule has 4 nitrogen and oxygen atoms in total. The van der Waals surface area contributed by atoms with Gasteiger partial charge >= 0.3 is 0 Å². The van der Waals surface area contributed by atoms with E-state index in [-0.39, 0.29) is 5.91 Å². The van der Waals surface area contributed by atoms with Crippen LogP contribution in [-0.4, -0.2) is 34.9 Å². The number of nitrogens with one attached hydrogen (secondary N) is 1. The lowest BCUT2D eigenvalue weighted by Crippen LogP contribution is -2.46. The molecular formula is C15H23N3O. The number of nitrogens with zero attached hydrogens (tertiary/aromatic N) is 2. The fourth-order valence-electron chi connectivity index (χ4n) is 2.69. The molecule has 19 heavy (non-hydrogen) atoms. The number of piperidine rings is 1. The number of hydrogen-bond donors (Lipinski definition) is 1. The first-order valence-electron chi connectivity index (χ1n) is 7.14. The van der Waals surface area contributed by atoms with E-state index in [0.717, 1.165) is 25.2 Å². The van der Waals surface area contributed by atoms with Crippen molar-refractivity contribution < 1.29 is 4.79 Å². The molecule has 0 radical (unpaired) electrons. The topological polar surface area (TPSA) is 45.2 Å². The molecule has 104 valence electrons. The van der Waals surface area contributed by atoms with E-state index < -0.39 is 0 Å². The highest BCUT2D eigenvalue weighted by atomic mass is 16.2. The molecule has 2 rings (SSSR count). The predicted molar refractivity (Wildman–Crippen MR) is 77.3 cm³/mol. The zero-order valence-electron chi connectivity index (χ0n) is 12.0. The van der Waals surface area contributed by atoms with Crippen LogP contribution in [0.5, 0.6) is 0 Å². The molecule has 0 aliphatic carbocycles. The summed E-state index contributed by atoms with van der Waals surface area (Å²) >= 11 is 0. The number of aromatic nitrogens is 1. The number of amides is 1. The van der Waals surface area contributed by atoms with Crippen molar-refractivity contribution in [1.29, 1.82) is 0 Å². The van der Waals surface area contributed by atoms with Gasteiger partial charge in [-0.3, -0.25) is 9.78 Å². The Balaban J connectivity index is 2.23. The van der Waals surface area contributed by atoms with Gasteiger partial charge in [0, 0.05) is 31.5 Å². The SMILES string of the molecule is CCNc1ccncc1C(=O)N1CCCC(C)C1C. The van der Waals surface area contributed by atoms with Gasteiger partial charge in [-0.2, -0.15) is 0 Å². The van der Waals surface area contributed by atoms with Crippen molar-refractivity contribution in [3.05, 3.63) is 24.0 Å². The fourth-order valence-corrected chi connectivity index (χ4v) is 2.69. The highest BCUT2D eigenvalue weighted by Crippen LogP contribution is 2.26. The first kappa shape index (κ1) is 13.8. The second-order valence-electron chi connectivity index (χ2n) is 5.31. The van der Waals surface area contributed by atoms with E-state index in [0.29, 0.717) is 17.5 Å². The van der Waals surface area contributed by atoms with E-state index in [1.165, 1.54) is 6.42 Å². The number of carbonyl (C=O) groups is 1. The molecule has 0 aromatic carbocycles. The highest BCUT2D eigenvalue weighted by molar-refractivity contribution is 5.99. The summed E-state index contributed by atoms with van der Waals surface area (Å²) in [6.45, 7) is 8.05. The van der Waals surface area contributed by atoms with Crippen LogP contribution in [0.3, 0.4) is 0 Å². The Morgan fingerprint density at radius 1 is 1.53 bits per heavy atom. The molecule has 1 aromatic heterocycles. The maximum atomic E-state index is 12.7. The lowest BCUT2D eigenvalue weighted by molar-refractivity contribution is 0.0551. The maximum Gasteiger partial charge on any atom is 0.257 e. The molecule has 2 atom stereocenters. The van der Waals surface area contributed by atoms with Gasteiger partial charge in [-0.05, 0) is 38.7 Å². The lowest BCUT2D eigenvalue weighted by atomic mass is 9.91. The summed E-state index contributed by atoms with van der Waals surface area (Å²) < 4.78 is 0. The van der Waals surface area contributed by atoms with Gasteiger partial charge in [0.25, 0.3) is 5.91 Å². The molecule has 1 fully saturated rings. The van der Waals surface area contributed by atoms with Crippen LogP contribution < -0.4 is 5.32 Å². The molecule has 1 aliphatic rings. The largest absolute Gasteiger partial charge is 0.385 e. The van der Waals surface area contributed by atoms with Crippen LogP contribution in [0.25, 0.3) is 0 Å². The summed E-state index contributed by atoms with van der Waals surface area (Å²) in [6, 6.07) is 2.17. The summed E-state index contributed by atoms with van der Waals surface area (Å²) in [5, 5.41) is 3.23. The quantitative estimate of drug-likeness (QED) is 0.910. The van der Waals surface area contributed by atoms with Gasteiger partial charge in [-0.15, -0.1) is 0 Å². The zero-order valence-corrected chi connectivity index (χ0v) is 12.0. The molecule has 2 heterocycles. The molecule has 1 saturated heterocycles. The first-order valence-corrected chi connectivity index (χ1v) is 7.14. The molecular weight excluding hydrogens is 238 g/mol. The van der Waals surface area contributed by atoms with Gasteiger partial charge in [0.1, 0.15) is 0 Å². The van der Waals surface area contributed by atoms with Crippen molar-refractivity contribution in [2.45, 2.75) is 39.7 Å². The minimum Gasteiger partial charge on any atom is -0.385 e. The summed E-state index contributed by atoms with van der Waals surface area (Å²) in [5.41, 5.74) is 1.57. The predicted octanol–water partition coefficient (Wildman–Crippen LogP) is 2.77. The second-order valence-corrected chi connectivity index (χ2v) is 5.31. The molecule has 0 bridgehead atoms. The van der Waals surface area contributed by atoms with Crippen LogP contribution in [0.4, 0.5) is 5.69 Å². The smallest absolute Gasteiger partial charge is 0.257 e. The average Bonchev–Trinajstić information content (AvgIpc) is 2.42. The molecule has 1 aliphatic heterocycles. The van der Waals surface area contributed by atoms with Crippen molar-refractivity contribution in [3.8, 4) is 0 Å². The Morgan fingerprint density at radius 2 is 2.32 bits per heavy atom. The minimum atomic E-state index is 0.100. The van der Waals surface area contributed by atoms with Crippen LogP contribution in [0.1, 0.15) is 44.0 Å². The van der Waals surface area contributed by atoms with E-state index in [2.05, 4.69) is 24.1 Å². The fraction of sp³-hybridized carbons (Fsp3) is 0.600. The monoisotopic (exact) mass is 261 g/mol. The average molecular weight is 261 g/mol. The Morgan fingerprint density at radius 3 is 3.05 bits per heavy atom. The van der Waals surface area contributed by atoms with Crippen LogP contribution >= 0.6 is 0 Å². The van der Waals surface area contributed by atoms with Crippen LogP contribution in [-0.2, 0) is 0 Å². The van der Waals surface area contributed by atoms with Crippen molar-refractivity contribution in [1.82, 2.24) is 9.88 Å². The Bertz CT molecular complexity index is 447. The minimum absolute atomic E-state index is 0.100. The lowest BCUT2D eigenvalue weighted by Gasteiger charge is -2.38.